The van der Waals surface area contributed by atoms with E-state index >= 15 is 0 Å². The molecule has 0 bridgehead atoms. The van der Waals surface area contributed by atoms with Crippen LogP contribution in [0.15, 0.2) is 0 Å². The molecule has 15 heavy (non-hydrogen) atoms. The Bertz CT molecular complexity index is 259. The molecular formula is C11H19NO2S. The van der Waals surface area contributed by atoms with Crippen LogP contribution in [0.1, 0.15) is 33.1 Å². The SMILES string of the molecule is CC1CC(C)CC2(C1)NC(C(=O)O)CS2. The molecule has 0 aromatic carbocycles. The van der Waals surface area contributed by atoms with Crippen LogP contribution < -0.4 is 5.32 Å². The summed E-state index contributed by atoms with van der Waals surface area (Å²) in [5.41, 5.74) is 0. The molecule has 3 atom stereocenters. The van der Waals surface area contributed by atoms with E-state index in [0.29, 0.717) is 11.8 Å². The number of nitrogens with one attached hydrogen (secondary N) is 1. The van der Waals surface area contributed by atoms with Crippen LogP contribution in [0.25, 0.3) is 0 Å². The first-order chi connectivity index (χ1) is 7.01. The predicted octanol–water partition coefficient (Wildman–Crippen LogP) is 1.93. The van der Waals surface area contributed by atoms with E-state index in [2.05, 4.69) is 19.2 Å². The van der Waals surface area contributed by atoms with Crippen molar-refractivity contribution < 1.29 is 9.90 Å². The average molecular weight is 229 g/mol. The lowest BCUT2D eigenvalue weighted by Gasteiger charge is -2.40. The van der Waals surface area contributed by atoms with E-state index in [4.69, 9.17) is 5.11 Å². The van der Waals surface area contributed by atoms with Gasteiger partial charge in [-0.1, -0.05) is 13.8 Å². The van der Waals surface area contributed by atoms with E-state index in [9.17, 15) is 4.79 Å². The fraction of sp³-hybridized carbons (Fsp3) is 0.909. The van der Waals surface area contributed by atoms with Gasteiger partial charge in [0.2, 0.25) is 0 Å². The molecule has 1 aliphatic carbocycles. The van der Waals surface area contributed by atoms with Gasteiger partial charge < -0.3 is 5.11 Å². The maximum Gasteiger partial charge on any atom is 0.321 e. The molecule has 86 valence electrons. The molecule has 2 aliphatic rings. The molecule has 4 heteroatoms. The van der Waals surface area contributed by atoms with E-state index in [1.807, 2.05) is 11.8 Å². The summed E-state index contributed by atoms with van der Waals surface area (Å²) in [6.07, 6.45) is 3.51. The number of carbonyl (C=O) groups is 1. The summed E-state index contributed by atoms with van der Waals surface area (Å²) in [5, 5.41) is 12.3. The molecule has 1 spiro atoms. The van der Waals surface area contributed by atoms with Crippen molar-refractivity contribution in [2.45, 2.75) is 44.0 Å². The molecule has 0 aromatic heterocycles. The quantitative estimate of drug-likeness (QED) is 0.721. The van der Waals surface area contributed by atoms with Crippen LogP contribution in [-0.2, 0) is 4.79 Å². The summed E-state index contributed by atoms with van der Waals surface area (Å²) in [5.74, 6) is 1.43. The van der Waals surface area contributed by atoms with Gasteiger partial charge in [-0.05, 0) is 31.1 Å². The molecule has 2 N–H and O–H groups in total. The average Bonchev–Trinajstić information content (AvgIpc) is 2.46. The van der Waals surface area contributed by atoms with E-state index in [0.717, 1.165) is 18.6 Å². The minimum absolute atomic E-state index is 0.0557. The van der Waals surface area contributed by atoms with Gasteiger partial charge in [0.25, 0.3) is 0 Å². The smallest absolute Gasteiger partial charge is 0.321 e. The van der Waals surface area contributed by atoms with Crippen LogP contribution in [0.4, 0.5) is 0 Å². The number of thioether (sulfide) groups is 1. The molecule has 1 heterocycles. The fourth-order valence-electron chi connectivity index (χ4n) is 3.08. The van der Waals surface area contributed by atoms with Gasteiger partial charge in [0, 0.05) is 5.75 Å². The minimum Gasteiger partial charge on any atom is -0.480 e. The molecule has 1 saturated carbocycles. The summed E-state index contributed by atoms with van der Waals surface area (Å²) in [6.45, 7) is 4.54. The summed E-state index contributed by atoms with van der Waals surface area (Å²) in [6, 6.07) is -0.340. The molecule has 0 amide bonds. The van der Waals surface area contributed by atoms with Gasteiger partial charge in [-0.3, -0.25) is 10.1 Å². The third kappa shape index (κ3) is 2.31. The van der Waals surface area contributed by atoms with Gasteiger partial charge in [-0.15, -0.1) is 11.8 Å². The zero-order valence-corrected chi connectivity index (χ0v) is 10.1. The van der Waals surface area contributed by atoms with Crippen molar-refractivity contribution in [3.63, 3.8) is 0 Å². The second-order valence-electron chi connectivity index (χ2n) is 5.19. The van der Waals surface area contributed by atoms with Crippen molar-refractivity contribution in [2.24, 2.45) is 11.8 Å². The number of carboxylic acids is 1. The highest BCUT2D eigenvalue weighted by Gasteiger charge is 2.45. The zero-order chi connectivity index (χ0) is 11.1. The Morgan fingerprint density at radius 3 is 2.47 bits per heavy atom. The van der Waals surface area contributed by atoms with Crippen molar-refractivity contribution in [1.29, 1.82) is 0 Å². The van der Waals surface area contributed by atoms with Gasteiger partial charge >= 0.3 is 5.97 Å². The molecule has 2 fully saturated rings. The van der Waals surface area contributed by atoms with Crippen molar-refractivity contribution in [2.75, 3.05) is 5.75 Å². The largest absolute Gasteiger partial charge is 0.480 e. The molecule has 3 nitrogen and oxygen atoms in total. The Kier molecular flexibility index (Phi) is 2.99. The number of aliphatic carboxylic acids is 1. The van der Waals surface area contributed by atoms with E-state index in [1.54, 1.807) is 0 Å². The van der Waals surface area contributed by atoms with Crippen LogP contribution >= 0.6 is 11.8 Å². The van der Waals surface area contributed by atoms with Crippen LogP contribution in [0.3, 0.4) is 0 Å². The molecule has 3 unspecified atom stereocenters. The minimum atomic E-state index is -0.703. The van der Waals surface area contributed by atoms with Crippen LogP contribution in [-0.4, -0.2) is 27.7 Å². The third-order valence-electron chi connectivity index (χ3n) is 3.42. The number of hydrogen-bond donors (Lipinski definition) is 2. The number of carboxylic acid groups (broad SMARTS) is 1. The molecule has 0 aromatic rings. The van der Waals surface area contributed by atoms with E-state index in [-0.39, 0.29) is 10.9 Å². The highest BCUT2D eigenvalue weighted by Crippen LogP contribution is 2.46. The summed E-state index contributed by atoms with van der Waals surface area (Å²) < 4.78 is 0. The molecule has 1 saturated heterocycles. The first kappa shape index (κ1) is 11.3. The van der Waals surface area contributed by atoms with Crippen molar-refractivity contribution in [1.82, 2.24) is 5.32 Å². The normalized spacial score (nSPS) is 45.9. The van der Waals surface area contributed by atoms with Gasteiger partial charge in [-0.25, -0.2) is 0 Å². The van der Waals surface area contributed by atoms with Crippen molar-refractivity contribution >= 4 is 17.7 Å². The second-order valence-corrected chi connectivity index (χ2v) is 6.60. The fourth-order valence-corrected chi connectivity index (χ4v) is 4.82. The Hall–Kier alpha value is -0.220. The summed E-state index contributed by atoms with van der Waals surface area (Å²) >= 11 is 1.82. The van der Waals surface area contributed by atoms with E-state index < -0.39 is 5.97 Å². The van der Waals surface area contributed by atoms with Crippen LogP contribution in [0, 0.1) is 11.8 Å². The lowest BCUT2D eigenvalue weighted by Crippen LogP contribution is -2.48. The monoisotopic (exact) mass is 229 g/mol. The lowest BCUT2D eigenvalue weighted by atomic mass is 9.80. The molecule has 2 rings (SSSR count). The number of rotatable bonds is 1. The third-order valence-corrected chi connectivity index (χ3v) is 4.93. The van der Waals surface area contributed by atoms with Crippen LogP contribution in [0.5, 0.6) is 0 Å². The van der Waals surface area contributed by atoms with Gasteiger partial charge in [-0.2, -0.15) is 0 Å². The maximum absolute atomic E-state index is 10.9. The summed E-state index contributed by atoms with van der Waals surface area (Å²) in [7, 11) is 0. The Morgan fingerprint density at radius 1 is 1.40 bits per heavy atom. The summed E-state index contributed by atoms with van der Waals surface area (Å²) in [4.78, 5) is 11.0. The van der Waals surface area contributed by atoms with Gasteiger partial charge in [0.1, 0.15) is 6.04 Å². The highest BCUT2D eigenvalue weighted by atomic mass is 32.2. The topological polar surface area (TPSA) is 49.3 Å². The lowest BCUT2D eigenvalue weighted by molar-refractivity contribution is -0.139. The van der Waals surface area contributed by atoms with Crippen molar-refractivity contribution in [3.05, 3.63) is 0 Å². The Balaban J connectivity index is 2.05. The van der Waals surface area contributed by atoms with E-state index in [1.165, 1.54) is 6.42 Å². The first-order valence-electron chi connectivity index (χ1n) is 5.65. The van der Waals surface area contributed by atoms with Crippen LogP contribution in [0.2, 0.25) is 0 Å². The zero-order valence-electron chi connectivity index (χ0n) is 9.32. The maximum atomic E-state index is 10.9. The van der Waals surface area contributed by atoms with Gasteiger partial charge in [0.15, 0.2) is 0 Å². The van der Waals surface area contributed by atoms with Gasteiger partial charge in [0.05, 0.1) is 4.87 Å². The Morgan fingerprint density at radius 2 is 2.00 bits per heavy atom. The predicted molar refractivity (Wildman–Crippen MR) is 61.9 cm³/mol. The highest BCUT2D eigenvalue weighted by molar-refractivity contribution is 8.00. The van der Waals surface area contributed by atoms with Crippen molar-refractivity contribution in [3.8, 4) is 0 Å². The second kappa shape index (κ2) is 3.98. The standard InChI is InChI=1S/C11H19NO2S/c1-7-3-8(2)5-11(4-7)12-9(6-15-11)10(13)14/h7-9,12H,3-6H2,1-2H3,(H,13,14). The first-order valence-corrected chi connectivity index (χ1v) is 6.64. The molecule has 0 radical (unpaired) electrons. The number of hydrogen-bond acceptors (Lipinski definition) is 3. The molecule has 1 aliphatic heterocycles. The molecular weight excluding hydrogens is 210 g/mol. The Labute approximate surface area is 95.0 Å².